The molecule has 18 heavy (non-hydrogen) atoms. The summed E-state index contributed by atoms with van der Waals surface area (Å²) in [5.41, 5.74) is 7.05. The largest absolute Gasteiger partial charge is 0.324 e. The van der Waals surface area contributed by atoms with Gasteiger partial charge in [0.2, 0.25) is 0 Å². The van der Waals surface area contributed by atoms with Crippen molar-refractivity contribution in [2.75, 3.05) is 0 Å². The van der Waals surface area contributed by atoms with Gasteiger partial charge in [0.15, 0.2) is 17.4 Å². The van der Waals surface area contributed by atoms with Gasteiger partial charge in [0.25, 0.3) is 0 Å². The highest BCUT2D eigenvalue weighted by molar-refractivity contribution is 6.16. The van der Waals surface area contributed by atoms with Crippen LogP contribution in [0.25, 0.3) is 5.69 Å². The molecule has 1 aromatic carbocycles. The predicted octanol–water partition coefficient (Wildman–Crippen LogP) is 1.67. The molecule has 0 aliphatic carbocycles. The minimum atomic E-state index is 0.00615. The zero-order valence-corrected chi connectivity index (χ0v) is 10.7. The van der Waals surface area contributed by atoms with Gasteiger partial charge in [-0.3, -0.25) is 9.36 Å². The van der Waals surface area contributed by atoms with Crippen LogP contribution in [0.5, 0.6) is 0 Å². The molecule has 2 rings (SSSR count). The predicted molar refractivity (Wildman–Crippen MR) is 68.8 cm³/mol. The minimum absolute atomic E-state index is 0.00615. The summed E-state index contributed by atoms with van der Waals surface area (Å²) in [6.07, 6.45) is 0. The van der Waals surface area contributed by atoms with Crippen molar-refractivity contribution in [2.24, 2.45) is 5.73 Å². The Morgan fingerprint density at radius 1 is 1.39 bits per heavy atom. The number of benzene rings is 1. The van der Waals surface area contributed by atoms with E-state index in [0.717, 1.165) is 5.69 Å². The average Bonchev–Trinajstić information content (AvgIpc) is 2.81. The standard InChI is InChI=1S/C12H13ClN4O/c1-8(18)9-3-2-4-10(5-9)17-11(6-13)15-16-12(17)7-14/h2-5H,6-7,14H2,1H3. The smallest absolute Gasteiger partial charge is 0.159 e. The van der Waals surface area contributed by atoms with E-state index >= 15 is 0 Å². The van der Waals surface area contributed by atoms with Gasteiger partial charge >= 0.3 is 0 Å². The summed E-state index contributed by atoms with van der Waals surface area (Å²) >= 11 is 5.82. The van der Waals surface area contributed by atoms with Gasteiger partial charge in [-0.1, -0.05) is 12.1 Å². The summed E-state index contributed by atoms with van der Waals surface area (Å²) in [4.78, 5) is 11.4. The number of hydrogen-bond acceptors (Lipinski definition) is 4. The number of ketones is 1. The molecule has 0 radical (unpaired) electrons. The minimum Gasteiger partial charge on any atom is -0.324 e. The number of alkyl halides is 1. The van der Waals surface area contributed by atoms with Crippen molar-refractivity contribution in [3.05, 3.63) is 41.5 Å². The summed E-state index contributed by atoms with van der Waals surface area (Å²) in [6.45, 7) is 1.78. The van der Waals surface area contributed by atoms with Crippen molar-refractivity contribution in [3.8, 4) is 5.69 Å². The van der Waals surface area contributed by atoms with E-state index in [-0.39, 0.29) is 18.2 Å². The maximum absolute atomic E-state index is 11.4. The average molecular weight is 265 g/mol. The number of halogens is 1. The molecule has 0 aliphatic heterocycles. The van der Waals surface area contributed by atoms with Gasteiger partial charge in [-0.25, -0.2) is 0 Å². The van der Waals surface area contributed by atoms with Crippen LogP contribution in [0.2, 0.25) is 0 Å². The van der Waals surface area contributed by atoms with Gasteiger partial charge < -0.3 is 5.73 Å². The molecular formula is C12H13ClN4O. The normalized spacial score (nSPS) is 10.6. The summed E-state index contributed by atoms with van der Waals surface area (Å²) in [5, 5.41) is 7.95. The molecule has 0 atom stereocenters. The van der Waals surface area contributed by atoms with Crippen LogP contribution >= 0.6 is 11.6 Å². The van der Waals surface area contributed by atoms with E-state index in [1.807, 2.05) is 12.1 Å². The molecule has 94 valence electrons. The Balaban J connectivity index is 2.57. The van der Waals surface area contributed by atoms with Crippen LogP contribution in [0.1, 0.15) is 28.9 Å². The van der Waals surface area contributed by atoms with Crippen molar-refractivity contribution in [1.29, 1.82) is 0 Å². The first-order chi connectivity index (χ1) is 8.67. The summed E-state index contributed by atoms with van der Waals surface area (Å²) in [6, 6.07) is 7.22. The van der Waals surface area contributed by atoms with Crippen LogP contribution in [0.3, 0.4) is 0 Å². The van der Waals surface area contributed by atoms with Gasteiger partial charge in [0.1, 0.15) is 0 Å². The summed E-state index contributed by atoms with van der Waals surface area (Å²) in [5.74, 6) is 1.47. The van der Waals surface area contributed by atoms with Crippen LogP contribution in [-0.4, -0.2) is 20.5 Å². The first kappa shape index (κ1) is 12.7. The maximum Gasteiger partial charge on any atom is 0.159 e. The molecule has 1 heterocycles. The lowest BCUT2D eigenvalue weighted by atomic mass is 10.1. The van der Waals surface area contributed by atoms with E-state index in [9.17, 15) is 4.79 Å². The number of aromatic nitrogens is 3. The Morgan fingerprint density at radius 3 is 2.72 bits per heavy atom. The SMILES string of the molecule is CC(=O)c1cccc(-n2c(CN)nnc2CCl)c1. The Morgan fingerprint density at radius 2 is 2.11 bits per heavy atom. The number of Topliss-reactive ketones (excluding diaryl/α,β-unsaturated/α-hetero) is 1. The van der Waals surface area contributed by atoms with Gasteiger partial charge in [-0.05, 0) is 19.1 Å². The first-order valence-corrected chi connectivity index (χ1v) is 6.01. The number of nitrogens with zero attached hydrogens (tertiary/aromatic N) is 3. The highest BCUT2D eigenvalue weighted by atomic mass is 35.5. The number of carbonyl (C=O) groups excluding carboxylic acids is 1. The van der Waals surface area contributed by atoms with Gasteiger partial charge in [0.05, 0.1) is 12.4 Å². The Hall–Kier alpha value is -1.72. The third-order valence-corrected chi connectivity index (χ3v) is 2.85. The summed E-state index contributed by atoms with van der Waals surface area (Å²) < 4.78 is 1.78. The molecule has 2 aromatic rings. The lowest BCUT2D eigenvalue weighted by Gasteiger charge is -2.09. The van der Waals surface area contributed by atoms with Crippen molar-refractivity contribution < 1.29 is 4.79 Å². The van der Waals surface area contributed by atoms with Crippen LogP contribution < -0.4 is 5.73 Å². The topological polar surface area (TPSA) is 73.8 Å². The number of hydrogen-bond donors (Lipinski definition) is 1. The lowest BCUT2D eigenvalue weighted by molar-refractivity contribution is 0.101. The maximum atomic E-state index is 11.4. The fourth-order valence-corrected chi connectivity index (χ4v) is 1.91. The van der Waals surface area contributed by atoms with Crippen LogP contribution in [0.4, 0.5) is 0 Å². The molecule has 1 aromatic heterocycles. The Bertz CT molecular complexity index is 558. The molecular weight excluding hydrogens is 252 g/mol. The van der Waals surface area contributed by atoms with E-state index < -0.39 is 0 Å². The Kier molecular flexibility index (Phi) is 3.74. The number of rotatable bonds is 4. The van der Waals surface area contributed by atoms with Crippen molar-refractivity contribution in [2.45, 2.75) is 19.3 Å². The van der Waals surface area contributed by atoms with Gasteiger partial charge in [-0.15, -0.1) is 21.8 Å². The second kappa shape index (κ2) is 5.29. The molecule has 0 unspecified atom stereocenters. The van der Waals surface area contributed by atoms with E-state index in [0.29, 0.717) is 17.2 Å². The molecule has 6 heteroatoms. The molecule has 0 fully saturated rings. The number of nitrogens with two attached hydrogens (primary N) is 1. The molecule has 2 N–H and O–H groups in total. The Labute approximate surface area is 110 Å². The molecule has 0 saturated heterocycles. The molecule has 0 aliphatic rings. The van der Waals surface area contributed by atoms with Crippen LogP contribution in [0.15, 0.2) is 24.3 Å². The third-order valence-electron chi connectivity index (χ3n) is 2.61. The number of carbonyl (C=O) groups is 1. The highest BCUT2D eigenvalue weighted by Crippen LogP contribution is 2.16. The second-order valence-corrected chi connectivity index (χ2v) is 4.08. The molecule has 0 bridgehead atoms. The van der Waals surface area contributed by atoms with Crippen molar-refractivity contribution >= 4 is 17.4 Å². The zero-order chi connectivity index (χ0) is 13.1. The second-order valence-electron chi connectivity index (χ2n) is 3.81. The fraction of sp³-hybridized carbons (Fsp3) is 0.250. The molecule has 5 nitrogen and oxygen atoms in total. The van der Waals surface area contributed by atoms with Gasteiger partial charge in [0, 0.05) is 11.3 Å². The molecule has 0 amide bonds. The van der Waals surface area contributed by atoms with E-state index in [1.54, 1.807) is 16.7 Å². The third kappa shape index (κ3) is 2.27. The van der Waals surface area contributed by atoms with E-state index in [4.69, 9.17) is 17.3 Å². The zero-order valence-electron chi connectivity index (χ0n) is 9.93. The van der Waals surface area contributed by atoms with Crippen LogP contribution in [-0.2, 0) is 12.4 Å². The monoisotopic (exact) mass is 264 g/mol. The summed E-state index contributed by atoms with van der Waals surface area (Å²) in [7, 11) is 0. The highest BCUT2D eigenvalue weighted by Gasteiger charge is 2.12. The molecule has 0 spiro atoms. The molecule has 0 saturated carbocycles. The van der Waals surface area contributed by atoms with Crippen LogP contribution in [0, 0.1) is 0 Å². The fourth-order valence-electron chi connectivity index (χ4n) is 1.73. The quantitative estimate of drug-likeness (QED) is 0.673. The lowest BCUT2D eigenvalue weighted by Crippen LogP contribution is -2.09. The van der Waals surface area contributed by atoms with Crippen molar-refractivity contribution in [3.63, 3.8) is 0 Å². The van der Waals surface area contributed by atoms with Gasteiger partial charge in [-0.2, -0.15) is 0 Å². The van der Waals surface area contributed by atoms with E-state index in [1.165, 1.54) is 6.92 Å². The van der Waals surface area contributed by atoms with E-state index in [2.05, 4.69) is 10.2 Å². The van der Waals surface area contributed by atoms with Crippen molar-refractivity contribution in [1.82, 2.24) is 14.8 Å². The first-order valence-electron chi connectivity index (χ1n) is 5.48.